The summed E-state index contributed by atoms with van der Waals surface area (Å²) >= 11 is 0. The van der Waals surface area contributed by atoms with Crippen LogP contribution in [0.15, 0.2) is 0 Å². The quantitative estimate of drug-likeness (QED) is 0.751. The molecule has 2 aliphatic heterocycles. The van der Waals surface area contributed by atoms with Crippen molar-refractivity contribution in [2.45, 2.75) is 45.2 Å². The number of carbonyl (C=O) groups excluding carboxylic acids is 1. The first kappa shape index (κ1) is 14.6. The van der Waals surface area contributed by atoms with Crippen molar-refractivity contribution in [2.75, 3.05) is 39.3 Å². The van der Waals surface area contributed by atoms with Gasteiger partial charge in [-0.2, -0.15) is 0 Å². The lowest BCUT2D eigenvalue weighted by Crippen LogP contribution is -2.52. The predicted octanol–water partition coefficient (Wildman–Crippen LogP) is 0.864. The van der Waals surface area contributed by atoms with Crippen LogP contribution in [0.4, 0.5) is 4.79 Å². The summed E-state index contributed by atoms with van der Waals surface area (Å²) in [6.45, 7) is 10.2. The van der Waals surface area contributed by atoms with E-state index in [0.717, 1.165) is 32.7 Å². The van der Waals surface area contributed by atoms with E-state index in [1.807, 2.05) is 4.90 Å². The Hall–Kier alpha value is -0.810. The van der Waals surface area contributed by atoms with Gasteiger partial charge in [0.25, 0.3) is 0 Å². The molecule has 19 heavy (non-hydrogen) atoms. The number of likely N-dealkylation sites (N-methyl/N-ethyl adjacent to an activating group) is 1. The zero-order valence-corrected chi connectivity index (χ0v) is 12.3. The third-order valence-corrected chi connectivity index (χ3v) is 4.37. The van der Waals surface area contributed by atoms with Crippen LogP contribution in [0, 0.1) is 0 Å². The highest BCUT2D eigenvalue weighted by Crippen LogP contribution is 2.19. The molecule has 2 N–H and O–H groups in total. The summed E-state index contributed by atoms with van der Waals surface area (Å²) in [5, 5.41) is 6.42. The lowest BCUT2D eigenvalue weighted by atomic mass is 9.96. The molecule has 0 aromatic heterocycles. The maximum Gasteiger partial charge on any atom is 0.317 e. The van der Waals surface area contributed by atoms with Crippen molar-refractivity contribution in [1.29, 1.82) is 0 Å². The smallest absolute Gasteiger partial charge is 0.317 e. The van der Waals surface area contributed by atoms with Gasteiger partial charge in [-0.25, -0.2) is 4.79 Å². The third kappa shape index (κ3) is 3.83. The van der Waals surface area contributed by atoms with E-state index < -0.39 is 0 Å². The molecule has 2 aliphatic rings. The van der Waals surface area contributed by atoms with E-state index in [4.69, 9.17) is 0 Å². The zero-order valence-electron chi connectivity index (χ0n) is 12.3. The fourth-order valence-corrected chi connectivity index (χ4v) is 3.29. The maximum atomic E-state index is 11.5. The van der Waals surface area contributed by atoms with Gasteiger partial charge in [0.05, 0.1) is 0 Å². The molecule has 2 heterocycles. The van der Waals surface area contributed by atoms with E-state index >= 15 is 0 Å². The van der Waals surface area contributed by atoms with Crippen LogP contribution in [0.1, 0.15) is 33.1 Å². The van der Waals surface area contributed by atoms with Crippen LogP contribution in [-0.4, -0.2) is 67.2 Å². The average Bonchev–Trinajstić information content (AvgIpc) is 2.82. The summed E-state index contributed by atoms with van der Waals surface area (Å²) in [4.78, 5) is 16.1. The Morgan fingerprint density at radius 1 is 1.37 bits per heavy atom. The highest BCUT2D eigenvalue weighted by atomic mass is 16.2. The highest BCUT2D eigenvalue weighted by Gasteiger charge is 2.28. The summed E-state index contributed by atoms with van der Waals surface area (Å²) in [5.41, 5.74) is 0. The number of hydrogen-bond donors (Lipinski definition) is 2. The Morgan fingerprint density at radius 2 is 2.21 bits per heavy atom. The number of nitrogens with zero attached hydrogens (tertiary/aromatic N) is 2. The van der Waals surface area contributed by atoms with E-state index in [0.29, 0.717) is 12.1 Å². The molecule has 2 fully saturated rings. The molecule has 0 saturated carbocycles. The second-order valence-electron chi connectivity index (χ2n) is 5.66. The van der Waals surface area contributed by atoms with E-state index in [1.54, 1.807) is 0 Å². The lowest BCUT2D eigenvalue weighted by Gasteiger charge is -2.40. The summed E-state index contributed by atoms with van der Waals surface area (Å²) in [5.74, 6) is 0. The molecule has 0 spiro atoms. The largest absolute Gasteiger partial charge is 0.336 e. The van der Waals surface area contributed by atoms with Gasteiger partial charge >= 0.3 is 6.03 Å². The molecule has 0 aromatic rings. The average molecular weight is 268 g/mol. The van der Waals surface area contributed by atoms with Crippen LogP contribution in [-0.2, 0) is 0 Å². The maximum absolute atomic E-state index is 11.5. The zero-order chi connectivity index (χ0) is 13.7. The van der Waals surface area contributed by atoms with Crippen molar-refractivity contribution >= 4 is 6.03 Å². The first-order chi connectivity index (χ1) is 9.22. The molecule has 5 heteroatoms. The van der Waals surface area contributed by atoms with Gasteiger partial charge in [-0.15, -0.1) is 0 Å². The molecular weight excluding hydrogens is 240 g/mol. The fourth-order valence-electron chi connectivity index (χ4n) is 3.29. The molecular formula is C14H28N4O. The van der Waals surface area contributed by atoms with E-state index in [9.17, 15) is 4.79 Å². The van der Waals surface area contributed by atoms with Crippen LogP contribution in [0.25, 0.3) is 0 Å². The number of piperidine rings is 1. The van der Waals surface area contributed by atoms with E-state index in [1.165, 1.54) is 25.8 Å². The lowest BCUT2D eigenvalue weighted by molar-refractivity contribution is 0.110. The van der Waals surface area contributed by atoms with Crippen LogP contribution >= 0.6 is 0 Å². The SMILES string of the molecule is CCNC(C)C1CCCCN1CCN1CCNC1=O. The van der Waals surface area contributed by atoms with Crippen molar-refractivity contribution in [1.82, 2.24) is 20.4 Å². The van der Waals surface area contributed by atoms with Crippen molar-refractivity contribution in [3.8, 4) is 0 Å². The van der Waals surface area contributed by atoms with Gasteiger partial charge in [0, 0.05) is 38.3 Å². The van der Waals surface area contributed by atoms with Gasteiger partial charge in [0.1, 0.15) is 0 Å². The van der Waals surface area contributed by atoms with Crippen LogP contribution in [0.2, 0.25) is 0 Å². The Balaban J connectivity index is 1.83. The van der Waals surface area contributed by atoms with Crippen molar-refractivity contribution in [3.63, 3.8) is 0 Å². The normalized spacial score (nSPS) is 26.5. The topological polar surface area (TPSA) is 47.6 Å². The van der Waals surface area contributed by atoms with Crippen molar-refractivity contribution in [3.05, 3.63) is 0 Å². The number of amides is 2. The van der Waals surface area contributed by atoms with Crippen molar-refractivity contribution < 1.29 is 4.79 Å². The summed E-state index contributed by atoms with van der Waals surface area (Å²) < 4.78 is 0. The molecule has 0 bridgehead atoms. The van der Waals surface area contributed by atoms with Crippen LogP contribution in [0.5, 0.6) is 0 Å². The fraction of sp³-hybridized carbons (Fsp3) is 0.929. The highest BCUT2D eigenvalue weighted by molar-refractivity contribution is 5.76. The first-order valence-electron chi connectivity index (χ1n) is 7.72. The third-order valence-electron chi connectivity index (χ3n) is 4.37. The molecule has 110 valence electrons. The summed E-state index contributed by atoms with van der Waals surface area (Å²) in [7, 11) is 0. The Morgan fingerprint density at radius 3 is 2.89 bits per heavy atom. The molecule has 2 unspecified atom stereocenters. The predicted molar refractivity (Wildman–Crippen MR) is 77.3 cm³/mol. The minimum atomic E-state index is 0.105. The molecule has 0 radical (unpaired) electrons. The summed E-state index contributed by atoms with van der Waals surface area (Å²) in [6, 6.07) is 1.27. The molecule has 2 rings (SSSR count). The molecule has 2 saturated heterocycles. The number of likely N-dealkylation sites (tertiary alicyclic amines) is 1. The van der Waals surface area contributed by atoms with E-state index in [-0.39, 0.29) is 6.03 Å². The van der Waals surface area contributed by atoms with Crippen molar-refractivity contribution in [2.24, 2.45) is 0 Å². The van der Waals surface area contributed by atoms with Gasteiger partial charge in [-0.3, -0.25) is 4.90 Å². The number of hydrogen-bond acceptors (Lipinski definition) is 3. The standard InChI is InChI=1S/C14H28N4O/c1-3-15-12(2)13-6-4-5-8-17(13)10-11-18-9-7-16-14(18)19/h12-13,15H,3-11H2,1-2H3,(H,16,19). The number of nitrogens with one attached hydrogen (secondary N) is 2. The Bertz CT molecular complexity index is 297. The number of rotatable bonds is 6. The van der Waals surface area contributed by atoms with Gasteiger partial charge in [0.2, 0.25) is 0 Å². The minimum Gasteiger partial charge on any atom is -0.336 e. The Labute approximate surface area is 116 Å². The van der Waals surface area contributed by atoms with Gasteiger partial charge < -0.3 is 15.5 Å². The van der Waals surface area contributed by atoms with Crippen LogP contribution in [0.3, 0.4) is 0 Å². The molecule has 2 atom stereocenters. The van der Waals surface area contributed by atoms with Crippen LogP contribution < -0.4 is 10.6 Å². The molecule has 5 nitrogen and oxygen atoms in total. The molecule has 2 amide bonds. The first-order valence-corrected chi connectivity index (χ1v) is 7.72. The second-order valence-corrected chi connectivity index (χ2v) is 5.66. The van der Waals surface area contributed by atoms with E-state index in [2.05, 4.69) is 29.4 Å². The molecule has 0 aromatic carbocycles. The number of carbonyl (C=O) groups is 1. The van der Waals surface area contributed by atoms with Gasteiger partial charge in [-0.1, -0.05) is 13.3 Å². The summed E-state index contributed by atoms with van der Waals surface area (Å²) in [6.07, 6.45) is 3.91. The minimum absolute atomic E-state index is 0.105. The second kappa shape index (κ2) is 7.10. The Kier molecular flexibility index (Phi) is 5.45. The van der Waals surface area contributed by atoms with Gasteiger partial charge in [-0.05, 0) is 32.9 Å². The monoisotopic (exact) mass is 268 g/mol. The van der Waals surface area contributed by atoms with Gasteiger partial charge in [0.15, 0.2) is 0 Å². The number of urea groups is 1. The molecule has 0 aliphatic carbocycles.